The first-order valence-corrected chi connectivity index (χ1v) is 7.74. The fourth-order valence-electron chi connectivity index (χ4n) is 2.80. The van der Waals surface area contributed by atoms with E-state index in [-0.39, 0.29) is 5.82 Å². The Hall–Kier alpha value is -1.67. The first-order valence-electron chi connectivity index (χ1n) is 7.74. The molecule has 0 aromatic heterocycles. The minimum absolute atomic E-state index is 0.157. The molecule has 0 aliphatic heterocycles. The second-order valence-corrected chi connectivity index (χ2v) is 5.49. The maximum Gasteiger partial charge on any atom is 0.123 e. The van der Waals surface area contributed by atoms with E-state index in [9.17, 15) is 4.39 Å². The Labute approximate surface area is 127 Å². The third-order valence-corrected chi connectivity index (χ3v) is 3.86. The van der Waals surface area contributed by atoms with E-state index in [1.54, 1.807) is 12.1 Å². The highest BCUT2D eigenvalue weighted by Crippen LogP contribution is 2.23. The SMILES string of the molecule is CCNC(CCCc1ccccc1)c1ccc(F)cc1C. The van der Waals surface area contributed by atoms with Crippen molar-refractivity contribution in [2.75, 3.05) is 6.54 Å². The van der Waals surface area contributed by atoms with Crippen LogP contribution in [0.15, 0.2) is 48.5 Å². The van der Waals surface area contributed by atoms with E-state index in [4.69, 9.17) is 0 Å². The van der Waals surface area contributed by atoms with Crippen LogP contribution < -0.4 is 5.32 Å². The molecule has 0 saturated heterocycles. The van der Waals surface area contributed by atoms with Crippen LogP contribution in [0.2, 0.25) is 0 Å². The van der Waals surface area contributed by atoms with Gasteiger partial charge in [-0.15, -0.1) is 0 Å². The summed E-state index contributed by atoms with van der Waals surface area (Å²) in [5, 5.41) is 3.52. The number of hydrogen-bond donors (Lipinski definition) is 1. The van der Waals surface area contributed by atoms with Crippen molar-refractivity contribution < 1.29 is 4.39 Å². The van der Waals surface area contributed by atoms with E-state index < -0.39 is 0 Å². The average molecular weight is 285 g/mol. The van der Waals surface area contributed by atoms with E-state index in [2.05, 4.69) is 36.5 Å². The fraction of sp³-hybridized carbons (Fsp3) is 0.368. The number of aryl methyl sites for hydroxylation is 2. The summed E-state index contributed by atoms with van der Waals surface area (Å²) < 4.78 is 13.2. The van der Waals surface area contributed by atoms with E-state index >= 15 is 0 Å². The van der Waals surface area contributed by atoms with Crippen LogP contribution in [0.5, 0.6) is 0 Å². The number of benzene rings is 2. The van der Waals surface area contributed by atoms with Gasteiger partial charge in [0.1, 0.15) is 5.82 Å². The second kappa shape index (κ2) is 7.94. The summed E-state index contributed by atoms with van der Waals surface area (Å²) >= 11 is 0. The Balaban J connectivity index is 1.98. The number of nitrogens with one attached hydrogen (secondary N) is 1. The number of rotatable bonds is 7. The summed E-state index contributed by atoms with van der Waals surface area (Å²) in [7, 11) is 0. The lowest BCUT2D eigenvalue weighted by Gasteiger charge is -2.20. The van der Waals surface area contributed by atoms with Crippen molar-refractivity contribution in [3.05, 3.63) is 71.0 Å². The molecular weight excluding hydrogens is 261 g/mol. The van der Waals surface area contributed by atoms with E-state index in [0.29, 0.717) is 6.04 Å². The van der Waals surface area contributed by atoms with Gasteiger partial charge in [0.05, 0.1) is 0 Å². The molecule has 2 aromatic rings. The molecule has 0 radical (unpaired) electrons. The van der Waals surface area contributed by atoms with Crippen LogP contribution in [0.1, 0.15) is 42.5 Å². The Morgan fingerprint density at radius 2 is 1.86 bits per heavy atom. The minimum atomic E-state index is -0.157. The highest BCUT2D eigenvalue weighted by Gasteiger charge is 2.13. The minimum Gasteiger partial charge on any atom is -0.310 e. The van der Waals surface area contributed by atoms with Gasteiger partial charge >= 0.3 is 0 Å². The summed E-state index contributed by atoms with van der Waals surface area (Å²) in [6.07, 6.45) is 3.27. The van der Waals surface area contributed by atoms with Crippen molar-refractivity contribution in [1.29, 1.82) is 0 Å². The standard InChI is InChI=1S/C19H24FN/c1-3-21-19(18-13-12-17(20)14-15(18)2)11-7-10-16-8-5-4-6-9-16/h4-6,8-9,12-14,19,21H,3,7,10-11H2,1-2H3. The number of hydrogen-bond acceptors (Lipinski definition) is 1. The molecule has 0 aliphatic carbocycles. The molecular formula is C19H24FN. The monoisotopic (exact) mass is 285 g/mol. The van der Waals surface area contributed by atoms with Gasteiger partial charge in [-0.2, -0.15) is 0 Å². The largest absolute Gasteiger partial charge is 0.310 e. The van der Waals surface area contributed by atoms with Crippen molar-refractivity contribution in [1.82, 2.24) is 5.32 Å². The molecule has 0 bridgehead atoms. The molecule has 0 heterocycles. The molecule has 21 heavy (non-hydrogen) atoms. The normalized spacial score (nSPS) is 12.3. The zero-order chi connectivity index (χ0) is 15.1. The molecule has 2 rings (SSSR count). The zero-order valence-corrected chi connectivity index (χ0v) is 12.9. The maximum atomic E-state index is 13.2. The second-order valence-electron chi connectivity index (χ2n) is 5.49. The molecule has 2 heteroatoms. The Kier molecular flexibility index (Phi) is 5.94. The maximum absolute atomic E-state index is 13.2. The lowest BCUT2D eigenvalue weighted by atomic mass is 9.95. The number of halogens is 1. The predicted molar refractivity (Wildman–Crippen MR) is 86.9 cm³/mol. The summed E-state index contributed by atoms with van der Waals surface area (Å²) in [6.45, 7) is 5.02. The molecule has 112 valence electrons. The van der Waals surface area contributed by atoms with Gasteiger partial charge in [0.2, 0.25) is 0 Å². The first kappa shape index (κ1) is 15.7. The van der Waals surface area contributed by atoms with Gasteiger partial charge in [-0.25, -0.2) is 4.39 Å². The highest BCUT2D eigenvalue weighted by atomic mass is 19.1. The molecule has 1 atom stereocenters. The quantitative estimate of drug-likeness (QED) is 0.770. The lowest BCUT2D eigenvalue weighted by Crippen LogP contribution is -2.22. The molecule has 1 unspecified atom stereocenters. The van der Waals surface area contributed by atoms with Gasteiger partial charge in [-0.05, 0) is 61.6 Å². The van der Waals surface area contributed by atoms with Gasteiger partial charge in [0.25, 0.3) is 0 Å². The van der Waals surface area contributed by atoms with Crippen LogP contribution >= 0.6 is 0 Å². The predicted octanol–water partition coefficient (Wildman–Crippen LogP) is 4.81. The molecule has 0 aliphatic rings. The molecule has 1 nitrogen and oxygen atoms in total. The van der Waals surface area contributed by atoms with Gasteiger partial charge in [-0.1, -0.05) is 43.3 Å². The molecule has 0 saturated carbocycles. The van der Waals surface area contributed by atoms with Crippen LogP contribution in [0.3, 0.4) is 0 Å². The van der Waals surface area contributed by atoms with Gasteiger partial charge in [0.15, 0.2) is 0 Å². The topological polar surface area (TPSA) is 12.0 Å². The zero-order valence-electron chi connectivity index (χ0n) is 12.9. The van der Waals surface area contributed by atoms with E-state index in [1.165, 1.54) is 11.1 Å². The summed E-state index contributed by atoms with van der Waals surface area (Å²) in [5.41, 5.74) is 3.62. The van der Waals surface area contributed by atoms with Crippen molar-refractivity contribution >= 4 is 0 Å². The van der Waals surface area contributed by atoms with Crippen LogP contribution in [-0.2, 0) is 6.42 Å². The summed E-state index contributed by atoms with van der Waals surface area (Å²) in [4.78, 5) is 0. The first-order chi connectivity index (χ1) is 10.2. The van der Waals surface area contributed by atoms with Crippen LogP contribution in [-0.4, -0.2) is 6.54 Å². The third kappa shape index (κ3) is 4.68. The third-order valence-electron chi connectivity index (χ3n) is 3.86. The van der Waals surface area contributed by atoms with Crippen molar-refractivity contribution in [3.63, 3.8) is 0 Å². The molecule has 0 fully saturated rings. The van der Waals surface area contributed by atoms with Crippen molar-refractivity contribution in [3.8, 4) is 0 Å². The van der Waals surface area contributed by atoms with Crippen molar-refractivity contribution in [2.24, 2.45) is 0 Å². The van der Waals surface area contributed by atoms with Crippen LogP contribution in [0.25, 0.3) is 0 Å². The smallest absolute Gasteiger partial charge is 0.123 e. The fourth-order valence-corrected chi connectivity index (χ4v) is 2.80. The average Bonchev–Trinajstić information content (AvgIpc) is 2.48. The Morgan fingerprint density at radius 3 is 2.52 bits per heavy atom. The molecule has 0 spiro atoms. The molecule has 2 aromatic carbocycles. The van der Waals surface area contributed by atoms with Gasteiger partial charge < -0.3 is 5.32 Å². The summed E-state index contributed by atoms with van der Waals surface area (Å²) in [5.74, 6) is -0.157. The van der Waals surface area contributed by atoms with Gasteiger partial charge in [-0.3, -0.25) is 0 Å². The van der Waals surface area contributed by atoms with E-state index in [1.807, 2.05) is 19.1 Å². The van der Waals surface area contributed by atoms with Crippen LogP contribution in [0.4, 0.5) is 4.39 Å². The molecule has 0 amide bonds. The van der Waals surface area contributed by atoms with Crippen LogP contribution in [0, 0.1) is 12.7 Å². The van der Waals surface area contributed by atoms with E-state index in [0.717, 1.165) is 31.4 Å². The summed E-state index contributed by atoms with van der Waals surface area (Å²) in [6, 6.07) is 16.0. The lowest BCUT2D eigenvalue weighted by molar-refractivity contribution is 0.495. The highest BCUT2D eigenvalue weighted by molar-refractivity contribution is 5.29. The molecule has 1 N–H and O–H groups in total. The Bertz CT molecular complexity index is 551. The van der Waals surface area contributed by atoms with Crippen molar-refractivity contribution in [2.45, 2.75) is 39.2 Å². The Morgan fingerprint density at radius 1 is 1.10 bits per heavy atom. The van der Waals surface area contributed by atoms with Gasteiger partial charge in [0, 0.05) is 6.04 Å².